The third-order valence-corrected chi connectivity index (χ3v) is 3.78. The lowest BCUT2D eigenvalue weighted by Gasteiger charge is -2.29. The van der Waals surface area contributed by atoms with Crippen molar-refractivity contribution < 1.29 is 15.0 Å². The summed E-state index contributed by atoms with van der Waals surface area (Å²) >= 11 is 0. The van der Waals surface area contributed by atoms with E-state index in [1.807, 2.05) is 13.8 Å². The van der Waals surface area contributed by atoms with Crippen molar-refractivity contribution in [2.75, 3.05) is 13.1 Å². The van der Waals surface area contributed by atoms with E-state index in [0.29, 0.717) is 32.4 Å². The van der Waals surface area contributed by atoms with Gasteiger partial charge in [0.05, 0.1) is 11.7 Å². The third-order valence-electron chi connectivity index (χ3n) is 3.78. The lowest BCUT2D eigenvalue weighted by atomic mass is 9.82. The molecule has 0 spiro atoms. The number of hydrogen-bond acceptors (Lipinski definition) is 3. The quantitative estimate of drug-likeness (QED) is 0.769. The van der Waals surface area contributed by atoms with Crippen molar-refractivity contribution in [1.82, 2.24) is 4.90 Å². The molecule has 0 bridgehead atoms. The van der Waals surface area contributed by atoms with Gasteiger partial charge in [0.2, 0.25) is 5.91 Å². The summed E-state index contributed by atoms with van der Waals surface area (Å²) in [4.78, 5) is 13.8. The van der Waals surface area contributed by atoms with E-state index in [0.717, 1.165) is 12.8 Å². The molecular formula is C13H23NO3. The normalized spacial score (nSPS) is 27.3. The molecule has 0 radical (unpaired) electrons. The van der Waals surface area contributed by atoms with Gasteiger partial charge in [0, 0.05) is 19.5 Å². The summed E-state index contributed by atoms with van der Waals surface area (Å²) in [6.45, 7) is 5.21. The Balaban J connectivity index is 1.84. The number of aliphatic hydroxyl groups is 2. The summed E-state index contributed by atoms with van der Waals surface area (Å²) < 4.78 is 0. The molecule has 4 nitrogen and oxygen atoms in total. The van der Waals surface area contributed by atoms with Crippen LogP contribution in [0.1, 0.15) is 46.0 Å². The second-order valence-electron chi connectivity index (χ2n) is 6.52. The van der Waals surface area contributed by atoms with Gasteiger partial charge in [-0.2, -0.15) is 0 Å². The number of β-amino-alcohol motifs (C(OH)–C–C–N with tert-alkyl or cyclic N) is 1. The second-order valence-corrected chi connectivity index (χ2v) is 6.52. The van der Waals surface area contributed by atoms with Gasteiger partial charge in [-0.05, 0) is 31.1 Å². The average molecular weight is 241 g/mol. The topological polar surface area (TPSA) is 60.8 Å². The Kier molecular flexibility index (Phi) is 3.21. The first kappa shape index (κ1) is 12.8. The van der Waals surface area contributed by atoms with Gasteiger partial charge in [0.1, 0.15) is 0 Å². The van der Waals surface area contributed by atoms with Gasteiger partial charge in [0.25, 0.3) is 0 Å². The number of rotatable bonds is 4. The molecule has 1 heterocycles. The molecule has 98 valence electrons. The summed E-state index contributed by atoms with van der Waals surface area (Å²) in [6, 6.07) is 0. The molecule has 1 amide bonds. The monoisotopic (exact) mass is 241 g/mol. The molecule has 0 aromatic heterocycles. The maximum Gasteiger partial charge on any atom is 0.223 e. The second kappa shape index (κ2) is 4.25. The maximum atomic E-state index is 12.0. The van der Waals surface area contributed by atoms with Gasteiger partial charge in [-0.3, -0.25) is 4.79 Å². The van der Waals surface area contributed by atoms with E-state index in [2.05, 4.69) is 0 Å². The number of hydrogen-bond donors (Lipinski definition) is 2. The highest BCUT2D eigenvalue weighted by Gasteiger charge is 2.45. The van der Waals surface area contributed by atoms with Gasteiger partial charge >= 0.3 is 0 Å². The van der Waals surface area contributed by atoms with Crippen LogP contribution < -0.4 is 0 Å². The van der Waals surface area contributed by atoms with Crippen molar-refractivity contribution in [3.63, 3.8) is 0 Å². The lowest BCUT2D eigenvalue weighted by Crippen LogP contribution is -2.34. The molecule has 1 atom stereocenters. The first-order valence-electron chi connectivity index (χ1n) is 6.48. The molecule has 1 saturated heterocycles. The molecule has 1 aliphatic carbocycles. The molecule has 0 aromatic rings. The van der Waals surface area contributed by atoms with Crippen LogP contribution in [0.25, 0.3) is 0 Å². The minimum atomic E-state index is -0.506. The van der Waals surface area contributed by atoms with Crippen molar-refractivity contribution in [3.05, 3.63) is 0 Å². The van der Waals surface area contributed by atoms with E-state index in [-0.39, 0.29) is 17.4 Å². The van der Waals surface area contributed by atoms with Crippen molar-refractivity contribution in [1.29, 1.82) is 0 Å². The Morgan fingerprint density at radius 3 is 2.59 bits per heavy atom. The molecule has 0 aromatic carbocycles. The summed E-state index contributed by atoms with van der Waals surface area (Å²) in [5.74, 6) is 0.107. The zero-order chi connectivity index (χ0) is 12.7. The van der Waals surface area contributed by atoms with Crippen LogP contribution in [-0.2, 0) is 4.79 Å². The Bertz CT molecular complexity index is 310. The van der Waals surface area contributed by atoms with E-state index in [1.54, 1.807) is 4.90 Å². The number of carbonyl (C=O) groups excluding carboxylic acids is 1. The molecule has 17 heavy (non-hydrogen) atoms. The predicted octanol–water partition coefficient (Wildman–Crippen LogP) is 0.911. The number of carbonyl (C=O) groups is 1. The zero-order valence-electron chi connectivity index (χ0n) is 10.8. The molecule has 2 N–H and O–H groups in total. The highest BCUT2D eigenvalue weighted by atomic mass is 16.3. The fourth-order valence-corrected chi connectivity index (χ4v) is 2.76. The molecular weight excluding hydrogens is 218 g/mol. The Hall–Kier alpha value is -0.610. The highest BCUT2D eigenvalue weighted by Crippen LogP contribution is 2.45. The minimum absolute atomic E-state index is 0.107. The predicted molar refractivity (Wildman–Crippen MR) is 64.4 cm³/mol. The minimum Gasteiger partial charge on any atom is -0.391 e. The fourth-order valence-electron chi connectivity index (χ4n) is 2.76. The largest absolute Gasteiger partial charge is 0.391 e. The standard InChI is InChI=1S/C13H23NO3/c1-12(2,9-13(17)4-5-13)7-11(16)14-6-3-10(15)8-14/h10,15,17H,3-9H2,1-2H3. The van der Waals surface area contributed by atoms with Crippen LogP contribution in [0.15, 0.2) is 0 Å². The average Bonchev–Trinajstić information content (AvgIpc) is 2.73. The molecule has 2 rings (SSSR count). The number of nitrogens with zero attached hydrogens (tertiary/aromatic N) is 1. The first-order chi connectivity index (χ1) is 7.80. The first-order valence-corrected chi connectivity index (χ1v) is 6.48. The van der Waals surface area contributed by atoms with Gasteiger partial charge in [-0.1, -0.05) is 13.8 Å². The van der Waals surface area contributed by atoms with Gasteiger partial charge in [-0.15, -0.1) is 0 Å². The van der Waals surface area contributed by atoms with Crippen LogP contribution in [0.4, 0.5) is 0 Å². The zero-order valence-corrected chi connectivity index (χ0v) is 10.8. The van der Waals surface area contributed by atoms with Crippen molar-refractivity contribution in [2.24, 2.45) is 5.41 Å². The van der Waals surface area contributed by atoms with Crippen molar-refractivity contribution >= 4 is 5.91 Å². The van der Waals surface area contributed by atoms with Crippen LogP contribution in [0, 0.1) is 5.41 Å². The Morgan fingerprint density at radius 1 is 1.47 bits per heavy atom. The van der Waals surface area contributed by atoms with Crippen molar-refractivity contribution in [2.45, 2.75) is 57.7 Å². The fraction of sp³-hybridized carbons (Fsp3) is 0.923. The van der Waals surface area contributed by atoms with Crippen LogP contribution >= 0.6 is 0 Å². The maximum absolute atomic E-state index is 12.0. The SMILES string of the molecule is CC(C)(CC(=O)N1CCC(O)C1)CC1(O)CC1. The molecule has 1 saturated carbocycles. The molecule has 1 unspecified atom stereocenters. The highest BCUT2D eigenvalue weighted by molar-refractivity contribution is 5.77. The Labute approximate surface area is 103 Å². The van der Waals surface area contributed by atoms with Crippen LogP contribution in [-0.4, -0.2) is 45.8 Å². The smallest absolute Gasteiger partial charge is 0.223 e. The Morgan fingerprint density at radius 2 is 2.12 bits per heavy atom. The number of aliphatic hydroxyl groups excluding tert-OH is 1. The van der Waals surface area contributed by atoms with E-state index in [9.17, 15) is 15.0 Å². The van der Waals surface area contributed by atoms with Gasteiger partial charge in [-0.25, -0.2) is 0 Å². The van der Waals surface area contributed by atoms with E-state index in [1.165, 1.54) is 0 Å². The lowest BCUT2D eigenvalue weighted by molar-refractivity contribution is -0.133. The van der Waals surface area contributed by atoms with Crippen LogP contribution in [0.2, 0.25) is 0 Å². The summed E-state index contributed by atoms with van der Waals surface area (Å²) in [5, 5.41) is 19.3. The molecule has 1 aliphatic heterocycles. The summed E-state index contributed by atoms with van der Waals surface area (Å²) in [6.07, 6.45) is 3.23. The third kappa shape index (κ3) is 3.42. The molecule has 2 aliphatic rings. The van der Waals surface area contributed by atoms with Crippen molar-refractivity contribution in [3.8, 4) is 0 Å². The number of amides is 1. The summed E-state index contributed by atoms with van der Waals surface area (Å²) in [7, 11) is 0. The van der Waals surface area contributed by atoms with E-state index >= 15 is 0 Å². The van der Waals surface area contributed by atoms with E-state index < -0.39 is 5.60 Å². The number of likely N-dealkylation sites (tertiary alicyclic amines) is 1. The van der Waals surface area contributed by atoms with Crippen LogP contribution in [0.5, 0.6) is 0 Å². The molecule has 2 fully saturated rings. The summed E-state index contributed by atoms with van der Waals surface area (Å²) in [5.41, 5.74) is -0.663. The van der Waals surface area contributed by atoms with Gasteiger partial charge < -0.3 is 15.1 Å². The van der Waals surface area contributed by atoms with Gasteiger partial charge in [0.15, 0.2) is 0 Å². The molecule has 4 heteroatoms. The van der Waals surface area contributed by atoms with Crippen LogP contribution in [0.3, 0.4) is 0 Å². The van der Waals surface area contributed by atoms with E-state index in [4.69, 9.17) is 0 Å².